The standard InChI is InChI=1S/C4H6O/c5-3-4-1-2-4/h1-3H2. The van der Waals surface area contributed by atoms with Crippen LogP contribution in [-0.4, -0.2) is 6.61 Å². The first-order valence-electron chi connectivity index (χ1n) is 1.85. The third kappa shape index (κ3) is 0.550. The van der Waals surface area contributed by atoms with Crippen LogP contribution in [0.3, 0.4) is 0 Å². The van der Waals surface area contributed by atoms with Crippen molar-refractivity contribution in [2.45, 2.75) is 12.8 Å². The van der Waals surface area contributed by atoms with Crippen LogP contribution < -0.4 is 5.11 Å². The number of hydrogen-bond acceptors (Lipinski definition) is 1. The Labute approximate surface area is 31.6 Å². The van der Waals surface area contributed by atoms with E-state index in [1.807, 2.05) is 0 Å². The molecular formula is C4H6O. The van der Waals surface area contributed by atoms with E-state index in [0.717, 1.165) is 12.8 Å². The lowest BCUT2D eigenvalue weighted by atomic mass is 10.5. The van der Waals surface area contributed by atoms with Gasteiger partial charge in [0.15, 0.2) is 0 Å². The maximum atomic E-state index is 9.66. The van der Waals surface area contributed by atoms with Gasteiger partial charge in [-0.25, -0.2) is 0 Å². The predicted molar refractivity (Wildman–Crippen MR) is 17.3 cm³/mol. The summed E-state index contributed by atoms with van der Waals surface area (Å²) in [5.41, 5.74) is 0. The molecule has 0 unspecified atom stereocenters. The molecule has 0 amide bonds. The van der Waals surface area contributed by atoms with Crippen molar-refractivity contribution < 1.29 is 5.11 Å². The third-order valence-electron chi connectivity index (χ3n) is 0.808. The highest BCUT2D eigenvalue weighted by atomic mass is 16.3. The second kappa shape index (κ2) is 0.902. The monoisotopic (exact) mass is 70.0 g/mol. The van der Waals surface area contributed by atoms with Gasteiger partial charge in [-0.3, -0.25) is 0 Å². The molecule has 0 saturated heterocycles. The largest absolute Gasteiger partial charge is 0.818 e. The zero-order chi connectivity index (χ0) is 3.70. The zero-order valence-electron chi connectivity index (χ0n) is 3.03. The van der Waals surface area contributed by atoms with Crippen molar-refractivity contribution in [2.24, 2.45) is 0 Å². The van der Waals surface area contributed by atoms with E-state index < -0.39 is 0 Å². The van der Waals surface area contributed by atoms with Gasteiger partial charge >= 0.3 is 0 Å². The molecule has 1 aliphatic carbocycles. The van der Waals surface area contributed by atoms with E-state index in [1.165, 1.54) is 5.92 Å². The van der Waals surface area contributed by atoms with Crippen LogP contribution in [0, 0.1) is 5.92 Å². The van der Waals surface area contributed by atoms with Crippen LogP contribution in [0.1, 0.15) is 12.8 Å². The van der Waals surface area contributed by atoms with Gasteiger partial charge in [0.1, 0.15) is 12.8 Å². The van der Waals surface area contributed by atoms with Crippen LogP contribution in [0.2, 0.25) is 0 Å². The molecule has 1 fully saturated rings. The van der Waals surface area contributed by atoms with Gasteiger partial charge in [-0.05, 0) is 0 Å². The van der Waals surface area contributed by atoms with Gasteiger partial charge in [0.05, 0.1) is 5.92 Å². The first kappa shape index (κ1) is 3.04. The van der Waals surface area contributed by atoms with Gasteiger partial charge in [0.2, 0.25) is 0 Å². The van der Waals surface area contributed by atoms with Gasteiger partial charge < -0.3 is 5.11 Å². The van der Waals surface area contributed by atoms with Crippen LogP contribution in [0.4, 0.5) is 0 Å². The molecule has 0 aliphatic heterocycles. The Morgan fingerprint density at radius 3 is 2.20 bits per heavy atom. The molecule has 0 spiro atoms. The van der Waals surface area contributed by atoms with Gasteiger partial charge in [0.25, 0.3) is 0 Å². The Morgan fingerprint density at radius 2 is 2.20 bits per heavy atom. The lowest BCUT2D eigenvalue weighted by Crippen LogP contribution is -2.04. The van der Waals surface area contributed by atoms with E-state index in [9.17, 15) is 5.11 Å². The maximum Gasteiger partial charge on any atom is 0.129 e. The molecule has 1 saturated carbocycles. The molecule has 1 aliphatic rings. The molecule has 1 nitrogen and oxygen atoms in total. The summed E-state index contributed by atoms with van der Waals surface area (Å²) < 4.78 is 0. The van der Waals surface area contributed by atoms with Crippen molar-refractivity contribution in [1.82, 2.24) is 0 Å². The van der Waals surface area contributed by atoms with Gasteiger partial charge in [-0.2, -0.15) is 0 Å². The van der Waals surface area contributed by atoms with Crippen molar-refractivity contribution in [3.63, 3.8) is 0 Å². The highest BCUT2D eigenvalue weighted by Gasteiger charge is 2.30. The summed E-state index contributed by atoms with van der Waals surface area (Å²) in [4.78, 5) is 0. The molecule has 0 heterocycles. The molecule has 28 valence electrons. The summed E-state index contributed by atoms with van der Waals surface area (Å²) in [6, 6.07) is 0. The zero-order valence-corrected chi connectivity index (χ0v) is 3.03. The topological polar surface area (TPSA) is 23.1 Å². The molecule has 1 heteroatoms. The third-order valence-corrected chi connectivity index (χ3v) is 0.808. The molecule has 0 bridgehead atoms. The van der Waals surface area contributed by atoms with Crippen molar-refractivity contribution >= 4 is 0 Å². The van der Waals surface area contributed by atoms with Crippen molar-refractivity contribution in [1.29, 1.82) is 0 Å². The first-order valence-corrected chi connectivity index (χ1v) is 1.85. The van der Waals surface area contributed by atoms with E-state index in [4.69, 9.17) is 0 Å². The molecular weight excluding hydrogens is 64.0 g/mol. The summed E-state index contributed by atoms with van der Waals surface area (Å²) in [6.07, 6.45) is 2.23. The summed E-state index contributed by atoms with van der Waals surface area (Å²) in [5.74, 6) is 1.20. The van der Waals surface area contributed by atoms with Crippen molar-refractivity contribution in [2.75, 3.05) is 6.61 Å². The Kier molecular flexibility index (Phi) is 0.548. The Hall–Kier alpha value is -0.170. The summed E-state index contributed by atoms with van der Waals surface area (Å²) >= 11 is 0. The Bertz CT molecular complexity index is 30.6. The molecule has 0 atom stereocenters. The minimum atomic E-state index is 0.0833. The fraction of sp³-hybridized carbons (Fsp3) is 0.750. The quantitative estimate of drug-likeness (QED) is 0.389. The van der Waals surface area contributed by atoms with Gasteiger partial charge in [-0.1, -0.05) is 0 Å². The average molecular weight is 70.1 g/mol. The molecule has 0 N–H and O–H groups in total. The van der Waals surface area contributed by atoms with E-state index in [-0.39, 0.29) is 6.61 Å². The molecule has 1 rings (SSSR count). The highest BCUT2D eigenvalue weighted by molar-refractivity contribution is 5.03. The first-order chi connectivity index (χ1) is 2.43. The minimum Gasteiger partial charge on any atom is -0.818 e. The summed E-state index contributed by atoms with van der Waals surface area (Å²) in [6.45, 7) is 0.0833. The van der Waals surface area contributed by atoms with Gasteiger partial charge in [-0.15, -0.1) is 0 Å². The van der Waals surface area contributed by atoms with E-state index in [0.29, 0.717) is 0 Å². The fourth-order valence-electron chi connectivity index (χ4n) is 0.233. The highest BCUT2D eigenvalue weighted by Crippen LogP contribution is 2.29. The van der Waals surface area contributed by atoms with E-state index in [1.54, 1.807) is 0 Å². The van der Waals surface area contributed by atoms with Gasteiger partial charge in [0, 0.05) is 6.61 Å². The van der Waals surface area contributed by atoms with E-state index in [2.05, 4.69) is 0 Å². The molecule has 5 heavy (non-hydrogen) atoms. The van der Waals surface area contributed by atoms with Crippen LogP contribution in [0.25, 0.3) is 0 Å². The summed E-state index contributed by atoms with van der Waals surface area (Å²) in [7, 11) is 0. The molecule has 0 aromatic rings. The van der Waals surface area contributed by atoms with Crippen LogP contribution in [-0.2, 0) is 0 Å². The van der Waals surface area contributed by atoms with Crippen molar-refractivity contribution in [3.05, 3.63) is 5.92 Å². The normalized spacial score (nSPS) is 19.8. The van der Waals surface area contributed by atoms with Crippen LogP contribution in [0.5, 0.6) is 0 Å². The van der Waals surface area contributed by atoms with Crippen molar-refractivity contribution in [3.8, 4) is 0 Å². The molecule has 0 radical (unpaired) electrons. The SMILES string of the molecule is [O-]C[C+]1CC1. The molecule has 0 aromatic heterocycles. The number of rotatable bonds is 1. The Morgan fingerprint density at radius 1 is 1.60 bits per heavy atom. The lowest BCUT2D eigenvalue weighted by Gasteiger charge is -1.81. The minimum absolute atomic E-state index is 0.0833. The lowest BCUT2D eigenvalue weighted by molar-refractivity contribution is -0.359. The average Bonchev–Trinajstić information content (AvgIpc) is 2.12. The fourth-order valence-corrected chi connectivity index (χ4v) is 0.233. The Balaban J connectivity index is 2.00. The summed E-state index contributed by atoms with van der Waals surface area (Å²) in [5, 5.41) is 9.66. The van der Waals surface area contributed by atoms with E-state index >= 15 is 0 Å². The number of hydrogen-bond donors (Lipinski definition) is 0. The second-order valence-electron chi connectivity index (χ2n) is 1.39. The maximum absolute atomic E-state index is 9.66. The second-order valence-corrected chi connectivity index (χ2v) is 1.39. The smallest absolute Gasteiger partial charge is 0.129 e. The molecule has 0 aromatic carbocycles. The van der Waals surface area contributed by atoms with Crippen LogP contribution in [0.15, 0.2) is 0 Å². The predicted octanol–water partition coefficient (Wildman–Crippen LogP) is -0.285. The van der Waals surface area contributed by atoms with Crippen LogP contribution >= 0.6 is 0 Å².